The van der Waals surface area contributed by atoms with Crippen LogP contribution in [0, 0.1) is 10.5 Å². The molecule has 0 saturated carbocycles. The summed E-state index contributed by atoms with van der Waals surface area (Å²) in [6, 6.07) is 8.32. The number of rotatable bonds is 0. The monoisotopic (exact) mass is 236 g/mol. The predicted octanol–water partition coefficient (Wildman–Crippen LogP) is 1.77. The maximum Gasteiger partial charge on any atom is 0.0159 e. The summed E-state index contributed by atoms with van der Waals surface area (Å²) in [7, 11) is 0. The molecule has 0 aromatic heterocycles. The summed E-state index contributed by atoms with van der Waals surface area (Å²) < 4.78 is 1.34. The number of hydrogen-bond acceptors (Lipinski definition) is 0. The summed E-state index contributed by atoms with van der Waals surface area (Å²) in [5, 5.41) is 0. The van der Waals surface area contributed by atoms with E-state index in [9.17, 15) is 0 Å². The summed E-state index contributed by atoms with van der Waals surface area (Å²) in [5.74, 6) is 0. The molecule has 0 aliphatic carbocycles. The minimum absolute atomic E-state index is 0. The fourth-order valence-corrected chi connectivity index (χ4v) is 0.938. The molecule has 1 aromatic rings. The van der Waals surface area contributed by atoms with Crippen molar-refractivity contribution in [1.82, 2.24) is 0 Å². The van der Waals surface area contributed by atoms with E-state index in [1.807, 2.05) is 0 Å². The van der Waals surface area contributed by atoms with Crippen LogP contribution in [0.5, 0.6) is 0 Å². The maximum absolute atomic E-state index is 2.32. The second kappa shape index (κ2) is 3.85. The predicted molar refractivity (Wildman–Crippen MR) is 47.5 cm³/mol. The van der Waals surface area contributed by atoms with Crippen LogP contribution in [0.15, 0.2) is 24.3 Å². The molecule has 0 unspecified atom stereocenters. The molecule has 0 atom stereocenters. The van der Waals surface area contributed by atoms with E-state index in [1.165, 1.54) is 9.13 Å². The fourth-order valence-electron chi connectivity index (χ4n) is 0.551. The molecule has 1 rings (SSSR count). The van der Waals surface area contributed by atoms with Gasteiger partial charge in [0, 0.05) is 3.57 Å². The van der Waals surface area contributed by atoms with Gasteiger partial charge in [-0.15, -0.1) is 0 Å². The van der Waals surface area contributed by atoms with Gasteiger partial charge in [0.15, 0.2) is 0 Å². The zero-order valence-electron chi connectivity index (χ0n) is 5.19. The van der Waals surface area contributed by atoms with Crippen molar-refractivity contribution in [3.63, 3.8) is 0 Å². The van der Waals surface area contributed by atoms with Gasteiger partial charge in [0.1, 0.15) is 0 Å². The fraction of sp³-hybridized carbons (Fsp3) is 0.143. The Bertz CT molecular complexity index is 165. The van der Waals surface area contributed by atoms with Crippen LogP contribution in [0.1, 0.15) is 5.56 Å². The van der Waals surface area contributed by atoms with Gasteiger partial charge in [-0.3, -0.25) is 0 Å². The molecule has 1 nitrogen and oxygen atoms in total. The zero-order valence-corrected chi connectivity index (χ0v) is 7.34. The average molecular weight is 236 g/mol. The first kappa shape index (κ1) is 8.91. The Morgan fingerprint density at radius 1 is 1.22 bits per heavy atom. The van der Waals surface area contributed by atoms with Crippen molar-refractivity contribution in [1.29, 1.82) is 0 Å². The summed E-state index contributed by atoms with van der Waals surface area (Å²) in [4.78, 5) is 0. The van der Waals surface area contributed by atoms with E-state index in [0.29, 0.717) is 0 Å². The number of halogens is 1. The van der Waals surface area contributed by atoms with Crippen LogP contribution in [-0.2, 0) is 0 Å². The Morgan fingerprint density at radius 2 is 1.78 bits per heavy atom. The van der Waals surface area contributed by atoms with Gasteiger partial charge >= 0.3 is 0 Å². The molecule has 0 amide bonds. The molecule has 50 valence electrons. The topological polar surface area (TPSA) is 31.5 Å². The summed E-state index contributed by atoms with van der Waals surface area (Å²) in [6.45, 7) is 2.11. The van der Waals surface area contributed by atoms with E-state index in [-0.39, 0.29) is 5.48 Å². The lowest BCUT2D eigenvalue weighted by atomic mass is 10.2. The molecule has 0 radical (unpaired) electrons. The Morgan fingerprint density at radius 3 is 2.11 bits per heavy atom. The van der Waals surface area contributed by atoms with E-state index >= 15 is 0 Å². The molecule has 1 aromatic carbocycles. The normalized spacial score (nSPS) is 8.22. The van der Waals surface area contributed by atoms with Gasteiger partial charge in [-0.1, -0.05) is 18.2 Å². The quantitative estimate of drug-likeness (QED) is 0.615. The Kier molecular flexibility index (Phi) is 3.81. The maximum atomic E-state index is 2.32. The Labute approximate surface area is 68.5 Å². The van der Waals surface area contributed by atoms with Crippen molar-refractivity contribution in [2.75, 3.05) is 0 Å². The van der Waals surface area contributed by atoms with Crippen molar-refractivity contribution in [3.8, 4) is 0 Å². The molecule has 0 heterocycles. The molecule has 0 aliphatic rings. The van der Waals surface area contributed by atoms with Gasteiger partial charge < -0.3 is 5.48 Å². The minimum atomic E-state index is 0. The number of benzene rings is 1. The first-order valence-electron chi connectivity index (χ1n) is 2.52. The first-order chi connectivity index (χ1) is 3.80. The van der Waals surface area contributed by atoms with Crippen LogP contribution >= 0.6 is 22.6 Å². The largest absolute Gasteiger partial charge is 0.412 e. The SMILES string of the molecule is Cc1ccccc1I.O. The van der Waals surface area contributed by atoms with E-state index in [0.717, 1.165) is 0 Å². The van der Waals surface area contributed by atoms with Crippen molar-refractivity contribution in [2.45, 2.75) is 6.92 Å². The lowest BCUT2D eigenvalue weighted by molar-refractivity contribution is 0.824. The van der Waals surface area contributed by atoms with Gasteiger partial charge in [0.05, 0.1) is 0 Å². The molecule has 2 N–H and O–H groups in total. The standard InChI is InChI=1S/C7H7I.H2O/c1-6-4-2-3-5-7(6)8;/h2-5H,1H3;1H2. The van der Waals surface area contributed by atoms with E-state index in [1.54, 1.807) is 0 Å². The van der Waals surface area contributed by atoms with Crippen molar-refractivity contribution in [2.24, 2.45) is 0 Å². The Hall–Kier alpha value is -0.0900. The van der Waals surface area contributed by atoms with Crippen LogP contribution in [0.2, 0.25) is 0 Å². The lowest BCUT2D eigenvalue weighted by Gasteiger charge is -1.91. The summed E-state index contributed by atoms with van der Waals surface area (Å²) in [5.41, 5.74) is 1.35. The molecule has 9 heavy (non-hydrogen) atoms. The summed E-state index contributed by atoms with van der Waals surface area (Å²) >= 11 is 2.32. The van der Waals surface area contributed by atoms with E-state index in [4.69, 9.17) is 0 Å². The van der Waals surface area contributed by atoms with E-state index < -0.39 is 0 Å². The van der Waals surface area contributed by atoms with Gasteiger partial charge in [0.25, 0.3) is 0 Å². The highest BCUT2D eigenvalue weighted by atomic mass is 127. The molecule has 0 spiro atoms. The minimum Gasteiger partial charge on any atom is -0.412 e. The van der Waals surface area contributed by atoms with Gasteiger partial charge in [0.2, 0.25) is 0 Å². The highest BCUT2D eigenvalue weighted by molar-refractivity contribution is 14.1. The molecule has 0 saturated heterocycles. The van der Waals surface area contributed by atoms with Crippen LogP contribution < -0.4 is 0 Å². The average Bonchev–Trinajstić information content (AvgIpc) is 1.77. The molecule has 0 aliphatic heterocycles. The Balaban J connectivity index is 0.000000640. The molecule has 0 fully saturated rings. The highest BCUT2D eigenvalue weighted by Gasteiger charge is 1.85. The van der Waals surface area contributed by atoms with Crippen LogP contribution in [-0.4, -0.2) is 5.48 Å². The molecule has 2 heteroatoms. The van der Waals surface area contributed by atoms with Crippen LogP contribution in [0.25, 0.3) is 0 Å². The summed E-state index contributed by atoms with van der Waals surface area (Å²) in [6.07, 6.45) is 0. The van der Waals surface area contributed by atoms with Gasteiger partial charge in [-0.25, -0.2) is 0 Å². The van der Waals surface area contributed by atoms with E-state index in [2.05, 4.69) is 53.8 Å². The number of hydrogen-bond donors (Lipinski definition) is 0. The smallest absolute Gasteiger partial charge is 0.0159 e. The highest BCUT2D eigenvalue weighted by Crippen LogP contribution is 2.08. The number of aryl methyl sites for hydroxylation is 1. The van der Waals surface area contributed by atoms with Crippen molar-refractivity contribution < 1.29 is 5.48 Å². The lowest BCUT2D eigenvalue weighted by Crippen LogP contribution is -1.74. The molecular weight excluding hydrogens is 227 g/mol. The van der Waals surface area contributed by atoms with Crippen LogP contribution in [0.4, 0.5) is 0 Å². The zero-order chi connectivity index (χ0) is 5.98. The second-order valence-electron chi connectivity index (χ2n) is 1.75. The third-order valence-electron chi connectivity index (χ3n) is 1.08. The van der Waals surface area contributed by atoms with Crippen molar-refractivity contribution in [3.05, 3.63) is 33.4 Å². The van der Waals surface area contributed by atoms with Gasteiger partial charge in [-0.05, 0) is 41.1 Å². The van der Waals surface area contributed by atoms with Crippen LogP contribution in [0.3, 0.4) is 0 Å². The van der Waals surface area contributed by atoms with Gasteiger partial charge in [-0.2, -0.15) is 0 Å². The third kappa shape index (κ3) is 2.32. The third-order valence-corrected chi connectivity index (χ3v) is 2.29. The molecule has 0 bridgehead atoms. The van der Waals surface area contributed by atoms with Crippen molar-refractivity contribution >= 4 is 22.6 Å². The second-order valence-corrected chi connectivity index (χ2v) is 2.91. The first-order valence-corrected chi connectivity index (χ1v) is 3.60. The molecular formula is C7H9IO.